The first-order chi connectivity index (χ1) is 20.7. The third kappa shape index (κ3) is 5.93. The quantitative estimate of drug-likeness (QED) is 0.272. The number of anilines is 1. The molecular weight excluding hydrogens is 634 g/mol. The fourth-order valence-corrected chi connectivity index (χ4v) is 6.26. The fourth-order valence-electron chi connectivity index (χ4n) is 4.77. The Labute approximate surface area is 259 Å². The largest absolute Gasteiger partial charge is 0.504 e. The van der Waals surface area contributed by atoms with Crippen LogP contribution >= 0.6 is 27.3 Å². The van der Waals surface area contributed by atoms with Crippen LogP contribution in [-0.4, -0.2) is 36.4 Å². The average molecular weight is 661 g/mol. The number of hydrogen-bond acceptors (Lipinski definition) is 8. The molecule has 5 rings (SSSR count). The molecule has 4 aromatic rings. The molecule has 0 saturated heterocycles. The van der Waals surface area contributed by atoms with Gasteiger partial charge in [-0.3, -0.25) is 14.2 Å². The van der Waals surface area contributed by atoms with Crippen molar-refractivity contribution >= 4 is 44.9 Å². The molecule has 43 heavy (non-hydrogen) atoms. The lowest BCUT2D eigenvalue weighted by atomic mass is 9.94. The molecule has 0 spiro atoms. The maximum absolute atomic E-state index is 14.2. The van der Waals surface area contributed by atoms with Crippen molar-refractivity contribution in [1.29, 1.82) is 0 Å². The maximum Gasteiger partial charge on any atom is 0.271 e. The number of para-hydroxylation sites is 1. The molecule has 0 aliphatic carbocycles. The second-order valence-corrected chi connectivity index (χ2v) is 11.3. The summed E-state index contributed by atoms with van der Waals surface area (Å²) in [4.78, 5) is 33.0. The van der Waals surface area contributed by atoms with Crippen molar-refractivity contribution in [3.05, 3.63) is 107 Å². The van der Waals surface area contributed by atoms with E-state index in [0.717, 1.165) is 0 Å². The summed E-state index contributed by atoms with van der Waals surface area (Å²) >= 11 is 4.66. The molecule has 3 aromatic carbocycles. The van der Waals surface area contributed by atoms with Gasteiger partial charge in [-0.2, -0.15) is 0 Å². The van der Waals surface area contributed by atoms with Gasteiger partial charge >= 0.3 is 0 Å². The van der Waals surface area contributed by atoms with Gasteiger partial charge in [0.1, 0.15) is 6.61 Å². The number of phenolic OH excluding ortho intramolecular Hbond substituents is 1. The molecule has 2 N–H and O–H groups in total. The van der Waals surface area contributed by atoms with Crippen LogP contribution in [0.3, 0.4) is 0 Å². The van der Waals surface area contributed by atoms with E-state index in [9.17, 15) is 14.7 Å². The molecule has 11 heteroatoms. The lowest BCUT2D eigenvalue weighted by Gasteiger charge is -2.25. The predicted molar refractivity (Wildman–Crippen MR) is 169 cm³/mol. The first kappa shape index (κ1) is 29.7. The van der Waals surface area contributed by atoms with Crippen molar-refractivity contribution in [1.82, 2.24) is 4.57 Å². The third-order valence-electron chi connectivity index (χ3n) is 6.67. The summed E-state index contributed by atoms with van der Waals surface area (Å²) in [5.74, 6) is 2.98. The average Bonchev–Trinajstić information content (AvgIpc) is 3.30. The summed E-state index contributed by atoms with van der Waals surface area (Å²) < 4.78 is 19.2. The molecule has 1 amide bonds. The zero-order valence-electron chi connectivity index (χ0n) is 23.4. The summed E-state index contributed by atoms with van der Waals surface area (Å²) in [6.07, 6.45) is 7.11. The van der Waals surface area contributed by atoms with Crippen LogP contribution < -0.4 is 34.4 Å². The van der Waals surface area contributed by atoms with Crippen LogP contribution in [0.15, 0.2) is 86.2 Å². The topological polar surface area (TPSA) is 111 Å². The van der Waals surface area contributed by atoms with Crippen molar-refractivity contribution < 1.29 is 24.1 Å². The number of ether oxygens (including phenoxy) is 3. The van der Waals surface area contributed by atoms with E-state index in [2.05, 4.69) is 32.2 Å². The Bertz CT molecular complexity index is 1970. The van der Waals surface area contributed by atoms with E-state index in [4.69, 9.17) is 20.6 Å². The molecule has 0 fully saturated rings. The van der Waals surface area contributed by atoms with Gasteiger partial charge in [-0.25, -0.2) is 4.99 Å². The highest BCUT2D eigenvalue weighted by Gasteiger charge is 2.33. The fraction of sp³-hybridized carbons (Fsp3) is 0.156. The number of carbonyl (C=O) groups is 1. The number of hydrogen-bond donors (Lipinski definition) is 2. The molecule has 1 aromatic heterocycles. The summed E-state index contributed by atoms with van der Waals surface area (Å²) in [5.41, 5.74) is 2.05. The summed E-state index contributed by atoms with van der Waals surface area (Å²) in [6.45, 7) is 1.73. The molecule has 1 aliphatic rings. The monoisotopic (exact) mass is 659 g/mol. The Balaban J connectivity index is 1.72. The van der Waals surface area contributed by atoms with Gasteiger partial charge in [0.15, 0.2) is 27.8 Å². The molecule has 0 saturated carbocycles. The number of halogens is 1. The Kier molecular flexibility index (Phi) is 8.71. The van der Waals surface area contributed by atoms with Gasteiger partial charge in [0.25, 0.3) is 11.5 Å². The molecule has 0 unspecified atom stereocenters. The zero-order chi connectivity index (χ0) is 30.7. The molecule has 1 atom stereocenters. The van der Waals surface area contributed by atoms with Crippen molar-refractivity contribution in [2.45, 2.75) is 13.0 Å². The Morgan fingerprint density at radius 2 is 1.91 bits per heavy atom. The number of benzene rings is 3. The summed E-state index contributed by atoms with van der Waals surface area (Å²) in [7, 11) is 2.94. The van der Waals surface area contributed by atoms with E-state index in [0.29, 0.717) is 47.8 Å². The number of thiazole rings is 1. The van der Waals surface area contributed by atoms with Crippen LogP contribution in [0.1, 0.15) is 24.1 Å². The third-order valence-corrected chi connectivity index (χ3v) is 8.11. The van der Waals surface area contributed by atoms with Crippen molar-refractivity contribution in [2.75, 3.05) is 26.1 Å². The van der Waals surface area contributed by atoms with Crippen LogP contribution in [-0.2, 0) is 4.79 Å². The summed E-state index contributed by atoms with van der Waals surface area (Å²) in [6, 6.07) is 16.4. The van der Waals surface area contributed by atoms with Gasteiger partial charge in [0, 0.05) is 15.7 Å². The van der Waals surface area contributed by atoms with Gasteiger partial charge in [0.05, 0.1) is 36.1 Å². The van der Waals surface area contributed by atoms with Gasteiger partial charge in [-0.1, -0.05) is 57.5 Å². The number of amides is 1. The number of nitrogens with zero attached hydrogens (tertiary/aromatic N) is 2. The van der Waals surface area contributed by atoms with E-state index in [1.165, 1.54) is 36.2 Å². The van der Waals surface area contributed by atoms with Crippen LogP contribution in [0.4, 0.5) is 5.69 Å². The first-order valence-corrected chi connectivity index (χ1v) is 14.6. The van der Waals surface area contributed by atoms with Gasteiger partial charge in [-0.05, 0) is 55.0 Å². The molecule has 218 valence electrons. The number of aromatic hydroxyl groups is 1. The number of phenols is 1. The van der Waals surface area contributed by atoms with Gasteiger partial charge in [0.2, 0.25) is 0 Å². The maximum atomic E-state index is 14.2. The SMILES string of the molecule is C#CCOc1c(/C=c2\sc3n(c2=O)[C@H](c2ccc(O)c(OC)c2)C(C(=O)Nc2ccccc2)=C(C)N=3)cc(Br)cc1OC. The zero-order valence-corrected chi connectivity index (χ0v) is 25.8. The number of nitrogens with one attached hydrogen (secondary N) is 1. The number of terminal acetylenes is 1. The summed E-state index contributed by atoms with van der Waals surface area (Å²) in [5, 5.41) is 13.2. The number of aromatic nitrogens is 1. The smallest absolute Gasteiger partial charge is 0.271 e. The van der Waals surface area contributed by atoms with E-state index in [1.54, 1.807) is 49.4 Å². The minimum atomic E-state index is -0.870. The number of methoxy groups -OCH3 is 2. The minimum Gasteiger partial charge on any atom is -0.504 e. The lowest BCUT2D eigenvalue weighted by molar-refractivity contribution is -0.113. The highest BCUT2D eigenvalue weighted by atomic mass is 79.9. The van der Waals surface area contributed by atoms with Crippen LogP contribution in [0, 0.1) is 12.3 Å². The van der Waals surface area contributed by atoms with E-state index in [1.807, 2.05) is 18.2 Å². The first-order valence-electron chi connectivity index (χ1n) is 12.9. The molecule has 2 heterocycles. The highest BCUT2D eigenvalue weighted by molar-refractivity contribution is 9.10. The van der Waals surface area contributed by atoms with E-state index < -0.39 is 11.9 Å². The van der Waals surface area contributed by atoms with Crippen LogP contribution in [0.5, 0.6) is 23.0 Å². The second-order valence-electron chi connectivity index (χ2n) is 9.35. The van der Waals surface area contributed by atoms with Crippen molar-refractivity contribution in [3.8, 4) is 35.3 Å². The van der Waals surface area contributed by atoms with Crippen LogP contribution in [0.2, 0.25) is 0 Å². The molecule has 1 aliphatic heterocycles. The van der Waals surface area contributed by atoms with Crippen molar-refractivity contribution in [3.63, 3.8) is 0 Å². The number of rotatable bonds is 8. The van der Waals surface area contributed by atoms with Gasteiger partial charge < -0.3 is 24.6 Å². The normalized spacial score (nSPS) is 14.4. The minimum absolute atomic E-state index is 0.00183. The second kappa shape index (κ2) is 12.6. The van der Waals surface area contributed by atoms with E-state index >= 15 is 0 Å². The molecule has 0 radical (unpaired) electrons. The molecule has 0 bridgehead atoms. The Morgan fingerprint density at radius 1 is 1.16 bits per heavy atom. The Morgan fingerprint density at radius 3 is 2.60 bits per heavy atom. The Hall–Kier alpha value is -4.79. The van der Waals surface area contributed by atoms with Crippen LogP contribution in [0.25, 0.3) is 6.08 Å². The predicted octanol–water partition coefficient (Wildman–Crippen LogP) is 4.37. The molecular formula is C32H26BrN3O6S. The van der Waals surface area contributed by atoms with Gasteiger partial charge in [-0.15, -0.1) is 6.42 Å². The number of fused-ring (bicyclic) bond motifs is 1. The lowest BCUT2D eigenvalue weighted by Crippen LogP contribution is -2.40. The van der Waals surface area contributed by atoms with E-state index in [-0.39, 0.29) is 29.2 Å². The number of carbonyl (C=O) groups excluding carboxylic acids is 1. The molecule has 9 nitrogen and oxygen atoms in total. The number of allylic oxidation sites excluding steroid dienone is 1. The highest BCUT2D eigenvalue weighted by Crippen LogP contribution is 2.37. The standard InChI is InChI=1S/C32H26BrN3O6S/c1-5-13-42-29-20(14-21(33)17-25(29)41-4)16-26-31(39)36-28(19-11-12-23(37)24(15-19)40-3)27(18(2)34-32(36)43-26)30(38)35-22-9-7-6-8-10-22/h1,6-12,14-17,28,37H,13H2,2-4H3,(H,35,38)/b26-16-/t28-/m1/s1. The van der Waals surface area contributed by atoms with Crippen molar-refractivity contribution in [2.24, 2.45) is 4.99 Å².